The number of fused-ring (bicyclic) bond motifs is 1. The maximum absolute atomic E-state index is 14.5. The Morgan fingerprint density at radius 1 is 0.765 bits per heavy atom. The second kappa shape index (κ2) is 7.08. The van der Waals surface area contributed by atoms with Gasteiger partial charge in [0.15, 0.2) is 23.1 Å². The fourth-order valence-electron chi connectivity index (χ4n) is 8.84. The van der Waals surface area contributed by atoms with Gasteiger partial charge in [-0.15, -0.1) is 0 Å². The summed E-state index contributed by atoms with van der Waals surface area (Å²) in [5.41, 5.74) is 5.87. The molecule has 5 aliphatic carbocycles. The molecule has 4 heteroatoms. The first-order valence-electron chi connectivity index (χ1n) is 12.7. The fraction of sp³-hybridized carbons (Fsp3) is 0.600. The number of carbonyl (C=O) groups is 4. The van der Waals surface area contributed by atoms with Crippen LogP contribution in [0.3, 0.4) is 0 Å². The van der Waals surface area contributed by atoms with Crippen LogP contribution in [0.4, 0.5) is 0 Å². The zero-order valence-electron chi connectivity index (χ0n) is 21.8. The lowest BCUT2D eigenvalue weighted by molar-refractivity contribution is -0.134. The Morgan fingerprint density at radius 3 is 1.79 bits per heavy atom. The molecule has 0 heterocycles. The van der Waals surface area contributed by atoms with Gasteiger partial charge in [-0.3, -0.25) is 19.2 Å². The van der Waals surface area contributed by atoms with Crippen molar-refractivity contribution < 1.29 is 19.2 Å². The second-order valence-corrected chi connectivity index (χ2v) is 12.0. The zero-order chi connectivity index (χ0) is 25.1. The third-order valence-electron chi connectivity index (χ3n) is 10.3. The quantitative estimate of drug-likeness (QED) is 0.345. The minimum Gasteiger partial charge on any atom is -0.298 e. The first-order valence-corrected chi connectivity index (χ1v) is 12.7. The van der Waals surface area contributed by atoms with Gasteiger partial charge in [0, 0.05) is 24.2 Å². The molecule has 0 N–H and O–H groups in total. The molecule has 3 fully saturated rings. The van der Waals surface area contributed by atoms with E-state index in [1.165, 1.54) is 0 Å². The van der Waals surface area contributed by atoms with Crippen molar-refractivity contribution in [3.63, 3.8) is 0 Å². The van der Waals surface area contributed by atoms with Gasteiger partial charge in [0.2, 0.25) is 0 Å². The van der Waals surface area contributed by atoms with E-state index >= 15 is 0 Å². The van der Waals surface area contributed by atoms with Crippen molar-refractivity contribution in [3.8, 4) is 0 Å². The minimum absolute atomic E-state index is 0.0742. The number of hydrogen-bond acceptors (Lipinski definition) is 4. The molecule has 0 radical (unpaired) electrons. The maximum Gasteiger partial charge on any atom is 0.163 e. The SMILES string of the molecule is CC(C)=C1CC2=C(C)[C@@H]3C(=O)[C@@]2([C@H](C)CC1=O)[C@@H]1C(=O)C(C)=C2CC(=C(C)C)C(=O)C[C@@H](C)[C@@]231. The Balaban J connectivity index is 1.84. The molecular formula is C30H36O4. The van der Waals surface area contributed by atoms with Gasteiger partial charge in [0.1, 0.15) is 0 Å². The van der Waals surface area contributed by atoms with E-state index in [0.717, 1.165) is 44.6 Å². The van der Waals surface area contributed by atoms with Gasteiger partial charge < -0.3 is 0 Å². The standard InChI is InChI=1S/C30H36O4/c1-13(2)19-11-21-17(7)25-28(34)30(21,16(6)10-24(19)32)27-26(33)18(8)22-12-20(14(3)4)23(31)9-15(5)29(22,25)27/h15-16,25,27H,9-12H2,1-8H3/t15-,16-,25-,27-,29-,30-/m1/s1. The third kappa shape index (κ3) is 2.35. The van der Waals surface area contributed by atoms with Crippen LogP contribution in [0.1, 0.15) is 81.1 Å². The molecule has 2 bridgehead atoms. The Kier molecular flexibility index (Phi) is 4.87. The van der Waals surface area contributed by atoms with Gasteiger partial charge in [0.05, 0.1) is 11.3 Å². The lowest BCUT2D eigenvalue weighted by Gasteiger charge is -2.49. The Labute approximate surface area is 202 Å². The first-order chi connectivity index (χ1) is 15.8. The van der Waals surface area contributed by atoms with E-state index in [2.05, 4.69) is 13.8 Å². The highest BCUT2D eigenvalue weighted by Crippen LogP contribution is 2.78. The van der Waals surface area contributed by atoms with Gasteiger partial charge in [-0.2, -0.15) is 0 Å². The van der Waals surface area contributed by atoms with E-state index in [-0.39, 0.29) is 47.3 Å². The first kappa shape index (κ1) is 23.4. The fourth-order valence-corrected chi connectivity index (χ4v) is 8.84. The molecule has 180 valence electrons. The summed E-state index contributed by atoms with van der Waals surface area (Å²) in [6.07, 6.45) is 1.58. The molecule has 0 aromatic carbocycles. The Hall–Kier alpha value is -2.36. The summed E-state index contributed by atoms with van der Waals surface area (Å²) in [5, 5.41) is 0. The van der Waals surface area contributed by atoms with Gasteiger partial charge in [-0.25, -0.2) is 0 Å². The molecular weight excluding hydrogens is 424 g/mol. The van der Waals surface area contributed by atoms with Crippen molar-refractivity contribution in [2.75, 3.05) is 0 Å². The maximum atomic E-state index is 14.5. The third-order valence-corrected chi connectivity index (χ3v) is 10.3. The Morgan fingerprint density at radius 2 is 1.26 bits per heavy atom. The summed E-state index contributed by atoms with van der Waals surface area (Å²) in [6, 6.07) is 0. The van der Waals surface area contributed by atoms with Crippen LogP contribution in [0.5, 0.6) is 0 Å². The summed E-state index contributed by atoms with van der Waals surface area (Å²) in [5.74, 6) is -0.766. The number of hydrogen-bond donors (Lipinski definition) is 0. The summed E-state index contributed by atoms with van der Waals surface area (Å²) in [6.45, 7) is 15.9. The predicted octanol–water partition coefficient (Wildman–Crippen LogP) is 5.67. The highest BCUT2D eigenvalue weighted by atomic mass is 16.1. The lowest BCUT2D eigenvalue weighted by Crippen LogP contribution is -2.49. The van der Waals surface area contributed by atoms with Gasteiger partial charge >= 0.3 is 0 Å². The largest absolute Gasteiger partial charge is 0.298 e. The van der Waals surface area contributed by atoms with Gasteiger partial charge in [-0.1, -0.05) is 41.7 Å². The summed E-state index contributed by atoms with van der Waals surface area (Å²) < 4.78 is 0. The predicted molar refractivity (Wildman–Crippen MR) is 131 cm³/mol. The summed E-state index contributed by atoms with van der Waals surface area (Å²) >= 11 is 0. The molecule has 0 unspecified atom stereocenters. The van der Waals surface area contributed by atoms with E-state index in [9.17, 15) is 19.2 Å². The molecule has 3 saturated carbocycles. The van der Waals surface area contributed by atoms with E-state index in [4.69, 9.17) is 0 Å². The highest BCUT2D eigenvalue weighted by molar-refractivity contribution is 6.15. The molecule has 2 spiro atoms. The number of carbonyl (C=O) groups excluding carboxylic acids is 4. The van der Waals surface area contributed by atoms with Crippen molar-refractivity contribution in [1.29, 1.82) is 0 Å². The lowest BCUT2D eigenvalue weighted by atomic mass is 9.51. The van der Waals surface area contributed by atoms with Crippen LogP contribution in [0.2, 0.25) is 0 Å². The summed E-state index contributed by atoms with van der Waals surface area (Å²) in [7, 11) is 0. The highest BCUT2D eigenvalue weighted by Gasteiger charge is 2.80. The van der Waals surface area contributed by atoms with Crippen molar-refractivity contribution in [2.24, 2.45) is 34.5 Å². The van der Waals surface area contributed by atoms with Crippen LogP contribution in [0.15, 0.2) is 44.6 Å². The van der Waals surface area contributed by atoms with Crippen LogP contribution in [0.25, 0.3) is 0 Å². The molecule has 0 aliphatic heterocycles. The molecule has 0 aromatic rings. The Bertz CT molecular complexity index is 1230. The molecule has 0 amide bonds. The van der Waals surface area contributed by atoms with E-state index in [1.54, 1.807) is 0 Å². The van der Waals surface area contributed by atoms with Gasteiger partial charge in [-0.05, 0) is 82.9 Å². The van der Waals surface area contributed by atoms with E-state index in [0.29, 0.717) is 19.3 Å². The van der Waals surface area contributed by atoms with Gasteiger partial charge in [0.25, 0.3) is 0 Å². The molecule has 5 rings (SSSR count). The van der Waals surface area contributed by atoms with Crippen molar-refractivity contribution >= 4 is 23.1 Å². The van der Waals surface area contributed by atoms with Crippen molar-refractivity contribution in [1.82, 2.24) is 0 Å². The van der Waals surface area contributed by atoms with Crippen molar-refractivity contribution in [3.05, 3.63) is 44.6 Å². The number of ketones is 4. The molecule has 5 aliphatic rings. The number of allylic oxidation sites excluding steroid dienone is 8. The smallest absolute Gasteiger partial charge is 0.163 e. The molecule has 0 saturated heterocycles. The molecule has 4 nitrogen and oxygen atoms in total. The molecule has 0 aromatic heterocycles. The molecule has 34 heavy (non-hydrogen) atoms. The average Bonchev–Trinajstić information content (AvgIpc) is 3.11. The molecule has 6 atom stereocenters. The van der Waals surface area contributed by atoms with Crippen LogP contribution >= 0.6 is 0 Å². The topological polar surface area (TPSA) is 68.3 Å². The van der Waals surface area contributed by atoms with Crippen LogP contribution in [-0.4, -0.2) is 23.1 Å². The minimum atomic E-state index is -0.936. The van der Waals surface area contributed by atoms with E-state index < -0.39 is 16.7 Å². The van der Waals surface area contributed by atoms with Crippen molar-refractivity contribution in [2.45, 2.75) is 81.1 Å². The average molecular weight is 461 g/mol. The normalized spacial score (nSPS) is 39.4. The van der Waals surface area contributed by atoms with E-state index in [1.807, 2.05) is 41.5 Å². The van der Waals surface area contributed by atoms with Crippen LogP contribution < -0.4 is 0 Å². The zero-order valence-corrected chi connectivity index (χ0v) is 21.8. The van der Waals surface area contributed by atoms with Crippen LogP contribution in [-0.2, 0) is 19.2 Å². The summed E-state index contributed by atoms with van der Waals surface area (Å²) in [4.78, 5) is 55.2. The number of Topliss-reactive ketones (excluding diaryl/α,β-unsaturated/α-hetero) is 4. The monoisotopic (exact) mass is 460 g/mol. The van der Waals surface area contributed by atoms with Crippen LogP contribution in [0, 0.1) is 34.5 Å². The number of rotatable bonds is 0. The second-order valence-electron chi connectivity index (χ2n) is 12.0.